The van der Waals surface area contributed by atoms with Crippen LogP contribution in [0, 0.1) is 0 Å². The van der Waals surface area contributed by atoms with Gasteiger partial charge in [0.05, 0.1) is 16.5 Å². The maximum absolute atomic E-state index is 11.3. The molecule has 2 aromatic carbocycles. The maximum atomic E-state index is 11.3. The molecule has 9 nitrogen and oxygen atoms in total. The summed E-state index contributed by atoms with van der Waals surface area (Å²) in [7, 11) is 0. The Kier molecular flexibility index (Phi) is 10.9. The van der Waals surface area contributed by atoms with Gasteiger partial charge in [-0.3, -0.25) is 9.59 Å². The van der Waals surface area contributed by atoms with Crippen LogP contribution in [0.3, 0.4) is 0 Å². The molecule has 2 aromatic rings. The summed E-state index contributed by atoms with van der Waals surface area (Å²) in [6.45, 7) is 1.27. The summed E-state index contributed by atoms with van der Waals surface area (Å²) in [5, 5.41) is 19.9. The van der Waals surface area contributed by atoms with Crippen molar-refractivity contribution in [3.05, 3.63) is 64.1 Å². The lowest BCUT2D eigenvalue weighted by atomic mass is 10.2. The number of carboxylic acid groups (broad SMARTS) is 2. The highest BCUT2D eigenvalue weighted by molar-refractivity contribution is 6.37. The number of carbonyl (C=O) groups is 4. The molecule has 31 heavy (non-hydrogen) atoms. The molecule has 0 aliphatic heterocycles. The Hall–Kier alpha value is -3.30. The molecule has 0 aliphatic rings. The van der Waals surface area contributed by atoms with Crippen LogP contribution in [0.4, 0.5) is 4.79 Å². The lowest BCUT2D eigenvalue weighted by molar-refractivity contribution is -0.145. The molecular formula is C20H19Cl2NO8. The van der Waals surface area contributed by atoms with Gasteiger partial charge in [-0.15, -0.1) is 0 Å². The van der Waals surface area contributed by atoms with Crippen molar-refractivity contribution < 1.29 is 38.9 Å². The van der Waals surface area contributed by atoms with Crippen LogP contribution in [0.2, 0.25) is 10.0 Å². The van der Waals surface area contributed by atoms with Crippen molar-refractivity contribution in [1.82, 2.24) is 5.32 Å². The summed E-state index contributed by atoms with van der Waals surface area (Å²) in [4.78, 5) is 43.0. The van der Waals surface area contributed by atoms with Crippen LogP contribution in [0.15, 0.2) is 48.5 Å². The fourth-order valence-corrected chi connectivity index (χ4v) is 2.48. The molecule has 11 heteroatoms. The molecular weight excluding hydrogens is 453 g/mol. The van der Waals surface area contributed by atoms with E-state index in [1.54, 1.807) is 48.5 Å². The van der Waals surface area contributed by atoms with Crippen LogP contribution in [0.5, 0.6) is 5.75 Å². The lowest BCUT2D eigenvalue weighted by Crippen LogP contribution is -2.42. The van der Waals surface area contributed by atoms with E-state index in [1.165, 1.54) is 6.92 Å². The molecule has 2 rings (SSSR count). The number of aliphatic carboxylic acids is 2. The van der Waals surface area contributed by atoms with Crippen LogP contribution in [-0.2, 0) is 25.7 Å². The molecule has 3 N–H and O–H groups in total. The summed E-state index contributed by atoms with van der Waals surface area (Å²) in [6.07, 6.45) is -1.69. The number of carbonyl (C=O) groups excluding carboxylic acids is 2. The van der Waals surface area contributed by atoms with Gasteiger partial charge in [0.2, 0.25) is 0 Å². The van der Waals surface area contributed by atoms with Gasteiger partial charge in [0.1, 0.15) is 12.6 Å². The number of hydrogen-bond acceptors (Lipinski definition) is 6. The first-order chi connectivity index (χ1) is 14.6. The number of halogens is 2. The van der Waals surface area contributed by atoms with Gasteiger partial charge in [0.15, 0.2) is 5.75 Å². The van der Waals surface area contributed by atoms with E-state index < -0.39 is 36.5 Å². The topological polar surface area (TPSA) is 139 Å². The Morgan fingerprint density at radius 1 is 0.968 bits per heavy atom. The molecule has 0 fully saturated rings. The molecule has 0 radical (unpaired) electrons. The zero-order valence-electron chi connectivity index (χ0n) is 16.2. The lowest BCUT2D eigenvalue weighted by Gasteiger charge is -2.12. The van der Waals surface area contributed by atoms with Gasteiger partial charge in [-0.05, 0) is 17.7 Å². The number of ether oxygens (including phenoxy) is 2. The molecule has 0 saturated heterocycles. The number of carboxylic acids is 2. The fourth-order valence-electron chi connectivity index (χ4n) is 2.01. The highest BCUT2D eigenvalue weighted by atomic mass is 35.5. The van der Waals surface area contributed by atoms with E-state index in [2.05, 4.69) is 0 Å². The van der Waals surface area contributed by atoms with Crippen LogP contribution >= 0.6 is 23.2 Å². The number of hydrogen-bond donors (Lipinski definition) is 3. The van der Waals surface area contributed by atoms with E-state index in [0.29, 0.717) is 10.0 Å². The first kappa shape index (κ1) is 25.7. The van der Waals surface area contributed by atoms with Gasteiger partial charge in [-0.2, -0.15) is 0 Å². The van der Waals surface area contributed by atoms with Crippen LogP contribution in [0.25, 0.3) is 0 Å². The number of esters is 1. The molecule has 0 bridgehead atoms. The van der Waals surface area contributed by atoms with Crippen LogP contribution in [0.1, 0.15) is 18.9 Å². The summed E-state index contributed by atoms with van der Waals surface area (Å²) in [5.74, 6) is -2.98. The number of amides is 1. The third kappa shape index (κ3) is 10.3. The van der Waals surface area contributed by atoms with Gasteiger partial charge >= 0.3 is 24.0 Å². The van der Waals surface area contributed by atoms with Gasteiger partial charge in [-0.1, -0.05) is 59.6 Å². The van der Waals surface area contributed by atoms with E-state index in [-0.39, 0.29) is 12.4 Å². The van der Waals surface area contributed by atoms with Crippen molar-refractivity contribution in [2.24, 2.45) is 0 Å². The van der Waals surface area contributed by atoms with E-state index in [9.17, 15) is 19.2 Å². The Balaban J connectivity index is 0.000000343. The molecule has 0 saturated carbocycles. The summed E-state index contributed by atoms with van der Waals surface area (Å²) in [5.41, 5.74) is 0.739. The van der Waals surface area contributed by atoms with E-state index >= 15 is 0 Å². The SMILES string of the molecule is CC(=O)Oc1c(Cl)cccc1Cl.O=C(O)C[C@H](NC(=O)OCc1ccccc1)C(=O)O. The first-order valence-electron chi connectivity index (χ1n) is 8.64. The Morgan fingerprint density at radius 3 is 2.03 bits per heavy atom. The number of rotatable bonds is 7. The normalized spacial score (nSPS) is 10.7. The largest absolute Gasteiger partial charge is 0.481 e. The summed E-state index contributed by atoms with van der Waals surface area (Å²) >= 11 is 11.4. The first-order valence-corrected chi connectivity index (χ1v) is 9.40. The van der Waals surface area contributed by atoms with Gasteiger partial charge in [0, 0.05) is 6.92 Å². The standard InChI is InChI=1S/C12H13NO6.C8H6Cl2O2/c14-10(15)6-9(11(16)17)13-12(18)19-7-8-4-2-1-3-5-8;1-5(11)12-8-6(9)3-2-4-7(8)10/h1-5,9H,6-7H2,(H,13,18)(H,14,15)(H,16,17);2-4H,1H3/t9-;/m0./s1. The minimum atomic E-state index is -1.51. The minimum Gasteiger partial charge on any atom is -0.481 e. The van der Waals surface area contributed by atoms with Crippen LogP contribution < -0.4 is 10.1 Å². The molecule has 166 valence electrons. The van der Waals surface area contributed by atoms with E-state index in [0.717, 1.165) is 5.56 Å². The number of para-hydroxylation sites is 1. The average molecular weight is 472 g/mol. The summed E-state index contributed by atoms with van der Waals surface area (Å²) < 4.78 is 9.56. The minimum absolute atomic E-state index is 0.0217. The second-order valence-electron chi connectivity index (χ2n) is 5.84. The molecule has 1 atom stereocenters. The highest BCUT2D eigenvalue weighted by Gasteiger charge is 2.23. The van der Waals surface area contributed by atoms with E-state index in [4.69, 9.17) is 42.9 Å². The molecule has 0 aliphatic carbocycles. The van der Waals surface area contributed by atoms with Crippen molar-refractivity contribution in [3.8, 4) is 5.75 Å². The second kappa shape index (κ2) is 13.1. The second-order valence-corrected chi connectivity index (χ2v) is 6.65. The zero-order chi connectivity index (χ0) is 23.4. The van der Waals surface area contributed by atoms with Gasteiger partial charge in [-0.25, -0.2) is 9.59 Å². The third-order valence-electron chi connectivity index (χ3n) is 3.35. The number of benzene rings is 2. The summed E-state index contributed by atoms with van der Waals surface area (Å²) in [6, 6.07) is 12.2. The smallest absolute Gasteiger partial charge is 0.408 e. The molecule has 0 spiro atoms. The van der Waals surface area contributed by atoms with Crippen LogP contribution in [-0.4, -0.2) is 40.3 Å². The predicted molar refractivity (Wildman–Crippen MR) is 111 cm³/mol. The molecule has 0 aromatic heterocycles. The molecule has 0 heterocycles. The predicted octanol–water partition coefficient (Wildman–Crippen LogP) is 3.76. The third-order valence-corrected chi connectivity index (χ3v) is 3.94. The Labute approximate surface area is 187 Å². The molecule has 1 amide bonds. The van der Waals surface area contributed by atoms with Crippen molar-refractivity contribution in [1.29, 1.82) is 0 Å². The highest BCUT2D eigenvalue weighted by Crippen LogP contribution is 2.32. The van der Waals surface area contributed by atoms with E-state index in [1.807, 2.05) is 5.32 Å². The zero-order valence-corrected chi connectivity index (χ0v) is 17.7. The van der Waals surface area contributed by atoms with Gasteiger partial charge in [0.25, 0.3) is 0 Å². The quantitative estimate of drug-likeness (QED) is 0.409. The van der Waals surface area contributed by atoms with Crippen molar-refractivity contribution >= 4 is 47.2 Å². The Bertz CT molecular complexity index is 900. The Morgan fingerprint density at radius 2 is 1.55 bits per heavy atom. The van der Waals surface area contributed by atoms with Gasteiger partial charge < -0.3 is 25.0 Å². The van der Waals surface area contributed by atoms with Crippen molar-refractivity contribution in [2.75, 3.05) is 0 Å². The number of alkyl carbamates (subject to hydrolysis) is 1. The monoisotopic (exact) mass is 471 g/mol. The number of nitrogens with one attached hydrogen (secondary N) is 1. The van der Waals surface area contributed by atoms with Crippen molar-refractivity contribution in [2.45, 2.75) is 26.0 Å². The molecule has 0 unspecified atom stereocenters. The average Bonchev–Trinajstić information content (AvgIpc) is 2.69. The maximum Gasteiger partial charge on any atom is 0.408 e. The van der Waals surface area contributed by atoms with Crippen molar-refractivity contribution in [3.63, 3.8) is 0 Å². The fraction of sp³-hybridized carbons (Fsp3) is 0.200.